The molecule has 0 aliphatic rings. The van der Waals surface area contributed by atoms with Crippen LogP contribution in [0, 0.1) is 17.0 Å². The number of ether oxygens (including phenoxy) is 1. The molecule has 0 aliphatic heterocycles. The first kappa shape index (κ1) is 22.2. The molecule has 156 valence electrons. The zero-order valence-corrected chi connectivity index (χ0v) is 17.2. The maximum atomic E-state index is 12.2. The summed E-state index contributed by atoms with van der Waals surface area (Å²) in [6, 6.07) is 10.9. The van der Waals surface area contributed by atoms with E-state index in [4.69, 9.17) is 4.74 Å². The Morgan fingerprint density at radius 3 is 2.59 bits per heavy atom. The van der Waals surface area contributed by atoms with Crippen LogP contribution in [0.2, 0.25) is 0 Å². The molecule has 10 heteroatoms. The monoisotopic (exact) mass is 421 g/mol. The Morgan fingerprint density at radius 2 is 1.97 bits per heavy atom. The Kier molecular flexibility index (Phi) is 7.16. The second-order valence-electron chi connectivity index (χ2n) is 6.45. The first-order chi connectivity index (χ1) is 13.6. The van der Waals surface area contributed by atoms with Crippen molar-refractivity contribution in [1.29, 1.82) is 0 Å². The molecule has 2 aromatic rings. The molecule has 0 atom stereocenters. The number of aryl methyl sites for hydroxylation is 1. The summed E-state index contributed by atoms with van der Waals surface area (Å²) in [5.74, 6) is 0.328. The lowest BCUT2D eigenvalue weighted by Crippen LogP contribution is -2.32. The average Bonchev–Trinajstić information content (AvgIpc) is 2.65. The normalized spacial score (nSPS) is 11.0. The van der Waals surface area contributed by atoms with Crippen LogP contribution in [0.1, 0.15) is 18.4 Å². The van der Waals surface area contributed by atoms with Crippen LogP contribution in [0.5, 0.6) is 5.75 Å². The Morgan fingerprint density at radius 1 is 1.24 bits per heavy atom. The van der Waals surface area contributed by atoms with Crippen LogP contribution < -0.4 is 14.4 Å². The van der Waals surface area contributed by atoms with E-state index in [0.717, 1.165) is 10.6 Å². The van der Waals surface area contributed by atoms with Gasteiger partial charge in [0.05, 0.1) is 24.0 Å². The Labute approximate surface area is 169 Å². The number of nitro benzene ring substituents is 1. The molecule has 0 aromatic heterocycles. The maximum absolute atomic E-state index is 12.2. The summed E-state index contributed by atoms with van der Waals surface area (Å²) >= 11 is 0. The summed E-state index contributed by atoms with van der Waals surface area (Å²) in [4.78, 5) is 22.6. The van der Waals surface area contributed by atoms with Crippen molar-refractivity contribution in [2.24, 2.45) is 0 Å². The van der Waals surface area contributed by atoms with Gasteiger partial charge in [0.15, 0.2) is 0 Å². The number of rotatable bonds is 9. The van der Waals surface area contributed by atoms with Gasteiger partial charge < -0.3 is 10.1 Å². The second-order valence-corrected chi connectivity index (χ2v) is 8.35. The predicted octanol–water partition coefficient (Wildman–Crippen LogP) is 3.10. The molecule has 0 radical (unpaired) electrons. The molecule has 0 spiro atoms. The largest absolute Gasteiger partial charge is 0.497 e. The number of nitrogens with zero attached hydrogens (tertiary/aromatic N) is 2. The molecule has 0 bridgehead atoms. The fourth-order valence-corrected chi connectivity index (χ4v) is 3.77. The zero-order chi connectivity index (χ0) is 21.6. The van der Waals surface area contributed by atoms with Gasteiger partial charge in [-0.1, -0.05) is 12.1 Å². The summed E-state index contributed by atoms with van der Waals surface area (Å²) < 4.78 is 30.7. The molecular formula is C19H23N3O6S. The van der Waals surface area contributed by atoms with E-state index in [1.165, 1.54) is 25.3 Å². The number of sulfonamides is 1. The molecule has 0 unspecified atom stereocenters. The minimum absolute atomic E-state index is 0.0202. The summed E-state index contributed by atoms with van der Waals surface area (Å²) in [6.45, 7) is 1.69. The number of anilines is 2. The standard InChI is InChI=1S/C19H23N3O6S/c1-14-9-10-16(22(24)25)13-18(14)21(29(3,26)27)11-5-8-19(23)20-15-6-4-7-17(12-15)28-2/h4,6-7,9-10,12-13H,5,8,11H2,1-3H3,(H,20,23). The predicted molar refractivity (Wildman–Crippen MR) is 111 cm³/mol. The van der Waals surface area contributed by atoms with Gasteiger partial charge in [-0.3, -0.25) is 19.2 Å². The van der Waals surface area contributed by atoms with Crippen molar-refractivity contribution in [2.75, 3.05) is 29.5 Å². The number of carbonyl (C=O) groups is 1. The lowest BCUT2D eigenvalue weighted by Gasteiger charge is -2.24. The number of carbonyl (C=O) groups excluding carboxylic acids is 1. The van der Waals surface area contributed by atoms with Crippen molar-refractivity contribution >= 4 is 33.0 Å². The smallest absolute Gasteiger partial charge is 0.271 e. The fourth-order valence-electron chi connectivity index (χ4n) is 2.75. The van der Waals surface area contributed by atoms with Gasteiger partial charge in [-0.15, -0.1) is 0 Å². The summed E-state index contributed by atoms with van der Waals surface area (Å²) in [5.41, 5.74) is 1.19. The summed E-state index contributed by atoms with van der Waals surface area (Å²) in [7, 11) is -2.16. The minimum Gasteiger partial charge on any atom is -0.497 e. The molecule has 1 amide bonds. The molecule has 0 saturated carbocycles. The van der Waals surface area contributed by atoms with E-state index in [1.807, 2.05) is 0 Å². The van der Waals surface area contributed by atoms with Crippen LogP contribution in [0.25, 0.3) is 0 Å². The topological polar surface area (TPSA) is 119 Å². The van der Waals surface area contributed by atoms with Crippen molar-refractivity contribution in [3.05, 3.63) is 58.1 Å². The number of non-ortho nitro benzene ring substituents is 1. The molecule has 2 rings (SSSR count). The highest BCUT2D eigenvalue weighted by molar-refractivity contribution is 7.92. The number of amides is 1. The first-order valence-electron chi connectivity index (χ1n) is 8.78. The van der Waals surface area contributed by atoms with E-state index in [2.05, 4.69) is 5.32 Å². The van der Waals surface area contributed by atoms with Gasteiger partial charge in [0.2, 0.25) is 15.9 Å². The van der Waals surface area contributed by atoms with Gasteiger partial charge in [-0.05, 0) is 31.0 Å². The molecule has 0 heterocycles. The van der Waals surface area contributed by atoms with Crippen molar-refractivity contribution < 1.29 is 22.9 Å². The highest BCUT2D eigenvalue weighted by Gasteiger charge is 2.22. The minimum atomic E-state index is -3.69. The van der Waals surface area contributed by atoms with Crippen molar-refractivity contribution in [2.45, 2.75) is 19.8 Å². The van der Waals surface area contributed by atoms with Gasteiger partial charge in [0.25, 0.3) is 5.69 Å². The van der Waals surface area contributed by atoms with Crippen LogP contribution in [-0.4, -0.2) is 39.2 Å². The van der Waals surface area contributed by atoms with E-state index in [-0.39, 0.29) is 36.7 Å². The second kappa shape index (κ2) is 9.37. The molecule has 2 aromatic carbocycles. The van der Waals surface area contributed by atoms with Crippen LogP contribution in [0.3, 0.4) is 0 Å². The quantitative estimate of drug-likeness (QED) is 0.491. The molecular weight excluding hydrogens is 398 g/mol. The SMILES string of the molecule is COc1cccc(NC(=O)CCCN(c2cc([N+](=O)[O-])ccc2C)S(C)(=O)=O)c1. The number of benzene rings is 2. The van der Waals surface area contributed by atoms with Crippen LogP contribution in [0.15, 0.2) is 42.5 Å². The maximum Gasteiger partial charge on any atom is 0.271 e. The number of nitro groups is 1. The van der Waals surface area contributed by atoms with Crippen LogP contribution >= 0.6 is 0 Å². The molecule has 0 fully saturated rings. The van der Waals surface area contributed by atoms with Crippen molar-refractivity contribution in [3.8, 4) is 5.75 Å². The first-order valence-corrected chi connectivity index (χ1v) is 10.6. The number of nitrogens with one attached hydrogen (secondary N) is 1. The van der Waals surface area contributed by atoms with Gasteiger partial charge in [-0.25, -0.2) is 8.42 Å². The highest BCUT2D eigenvalue weighted by atomic mass is 32.2. The van der Waals surface area contributed by atoms with Gasteiger partial charge in [-0.2, -0.15) is 0 Å². The number of hydrogen-bond acceptors (Lipinski definition) is 6. The van der Waals surface area contributed by atoms with E-state index >= 15 is 0 Å². The fraction of sp³-hybridized carbons (Fsp3) is 0.316. The Balaban J connectivity index is 2.08. The Bertz CT molecular complexity index is 1010. The zero-order valence-electron chi connectivity index (χ0n) is 16.4. The highest BCUT2D eigenvalue weighted by Crippen LogP contribution is 2.28. The number of methoxy groups -OCH3 is 1. The van der Waals surface area contributed by atoms with E-state index in [9.17, 15) is 23.3 Å². The Hall–Kier alpha value is -3.14. The average molecular weight is 421 g/mol. The van der Waals surface area contributed by atoms with Crippen LogP contribution in [-0.2, 0) is 14.8 Å². The molecule has 29 heavy (non-hydrogen) atoms. The molecule has 0 aliphatic carbocycles. The lowest BCUT2D eigenvalue weighted by molar-refractivity contribution is -0.384. The molecule has 9 nitrogen and oxygen atoms in total. The van der Waals surface area contributed by atoms with Gasteiger partial charge in [0, 0.05) is 36.9 Å². The van der Waals surface area contributed by atoms with Crippen molar-refractivity contribution in [1.82, 2.24) is 0 Å². The van der Waals surface area contributed by atoms with Gasteiger partial charge >= 0.3 is 0 Å². The van der Waals surface area contributed by atoms with Crippen molar-refractivity contribution in [3.63, 3.8) is 0 Å². The van der Waals surface area contributed by atoms with Gasteiger partial charge in [0.1, 0.15) is 5.75 Å². The van der Waals surface area contributed by atoms with E-state index in [1.54, 1.807) is 31.2 Å². The molecule has 1 N–H and O–H groups in total. The number of hydrogen-bond donors (Lipinski definition) is 1. The van der Waals surface area contributed by atoms with E-state index < -0.39 is 14.9 Å². The summed E-state index contributed by atoms with van der Waals surface area (Å²) in [6.07, 6.45) is 1.35. The third kappa shape index (κ3) is 6.18. The molecule has 0 saturated heterocycles. The lowest BCUT2D eigenvalue weighted by atomic mass is 10.1. The third-order valence-corrected chi connectivity index (χ3v) is 5.37. The van der Waals surface area contributed by atoms with Crippen LogP contribution in [0.4, 0.5) is 17.1 Å². The third-order valence-electron chi connectivity index (χ3n) is 4.19. The summed E-state index contributed by atoms with van der Waals surface area (Å²) in [5, 5.41) is 13.8. The van der Waals surface area contributed by atoms with E-state index in [0.29, 0.717) is 17.0 Å².